The molecule has 16 heavy (non-hydrogen) atoms. The Labute approximate surface area is 89.9 Å². The van der Waals surface area contributed by atoms with Gasteiger partial charge in [0.05, 0.1) is 16.6 Å². The zero-order chi connectivity index (χ0) is 12.3. The minimum absolute atomic E-state index is 0.0112. The fourth-order valence-corrected chi connectivity index (χ4v) is 1.30. The lowest BCUT2D eigenvalue weighted by Crippen LogP contribution is -2.10. The summed E-state index contributed by atoms with van der Waals surface area (Å²) in [6.45, 7) is -0.183. The van der Waals surface area contributed by atoms with Gasteiger partial charge in [0, 0.05) is 12.6 Å². The second-order valence-electron chi connectivity index (χ2n) is 2.91. The zero-order valence-corrected chi connectivity index (χ0v) is 8.01. The van der Waals surface area contributed by atoms with Crippen molar-refractivity contribution in [2.75, 3.05) is 0 Å². The molecule has 1 aromatic carbocycles. The number of hydrogen-bond acceptors (Lipinski definition) is 5. The lowest BCUT2D eigenvalue weighted by atomic mass is 10.0. The maximum atomic E-state index is 10.9. The number of nitro groups is 1. The van der Waals surface area contributed by atoms with Crippen LogP contribution in [0.5, 0.6) is 0 Å². The Kier molecular flexibility index (Phi) is 3.17. The van der Waals surface area contributed by atoms with E-state index >= 15 is 0 Å². The minimum Gasteiger partial charge on any atom is -0.477 e. The number of carboxylic acids is 1. The highest BCUT2D eigenvalue weighted by Crippen LogP contribution is 2.24. The van der Waals surface area contributed by atoms with E-state index in [9.17, 15) is 14.9 Å². The van der Waals surface area contributed by atoms with Gasteiger partial charge in [0.1, 0.15) is 5.56 Å². The van der Waals surface area contributed by atoms with Crippen LogP contribution in [0, 0.1) is 21.4 Å². The monoisotopic (exact) mass is 221 g/mol. The van der Waals surface area contributed by atoms with Crippen molar-refractivity contribution in [1.29, 1.82) is 5.26 Å². The van der Waals surface area contributed by atoms with Crippen molar-refractivity contribution in [3.63, 3.8) is 0 Å². The molecule has 0 saturated heterocycles. The molecule has 7 nitrogen and oxygen atoms in total. The van der Waals surface area contributed by atoms with Gasteiger partial charge in [-0.15, -0.1) is 0 Å². The third-order valence-corrected chi connectivity index (χ3v) is 1.96. The first-order valence-electron chi connectivity index (χ1n) is 4.16. The average molecular weight is 221 g/mol. The number of carbonyl (C=O) groups is 1. The molecule has 0 bridgehead atoms. The maximum absolute atomic E-state index is 10.9. The first kappa shape index (κ1) is 11.6. The Balaban J connectivity index is 3.62. The highest BCUT2D eigenvalue weighted by Gasteiger charge is 2.24. The summed E-state index contributed by atoms with van der Waals surface area (Å²) < 4.78 is 0. The van der Waals surface area contributed by atoms with Crippen LogP contribution in [0.25, 0.3) is 0 Å². The van der Waals surface area contributed by atoms with E-state index in [2.05, 4.69) is 0 Å². The molecule has 0 aliphatic rings. The molecule has 0 heterocycles. The molecule has 0 saturated carbocycles. The van der Waals surface area contributed by atoms with Crippen LogP contribution in [0.1, 0.15) is 21.5 Å². The Morgan fingerprint density at radius 2 is 2.25 bits per heavy atom. The Morgan fingerprint density at radius 3 is 2.62 bits per heavy atom. The molecule has 0 atom stereocenters. The molecule has 0 aliphatic carbocycles. The summed E-state index contributed by atoms with van der Waals surface area (Å²) >= 11 is 0. The van der Waals surface area contributed by atoms with E-state index < -0.39 is 22.1 Å². The smallest absolute Gasteiger partial charge is 0.343 e. The predicted octanol–water partition coefficient (Wildman–Crippen LogP) is 0.623. The van der Waals surface area contributed by atoms with Crippen LogP contribution >= 0.6 is 0 Å². The van der Waals surface area contributed by atoms with Gasteiger partial charge in [-0.2, -0.15) is 5.26 Å². The van der Waals surface area contributed by atoms with Crippen LogP contribution in [0.4, 0.5) is 5.69 Å². The first-order valence-corrected chi connectivity index (χ1v) is 4.16. The molecule has 0 radical (unpaired) electrons. The number of nitro benzene ring substituents is 1. The standard InChI is InChI=1S/C9H7N3O4/c10-3-5-1-6(4-11)8(9(13)14)7(2-5)12(15)16/h1-2H,4,11H2,(H,13,14). The maximum Gasteiger partial charge on any atom is 0.343 e. The zero-order valence-electron chi connectivity index (χ0n) is 8.01. The lowest BCUT2D eigenvalue weighted by molar-refractivity contribution is -0.385. The van der Waals surface area contributed by atoms with E-state index in [0.29, 0.717) is 0 Å². The Hall–Kier alpha value is -2.46. The largest absolute Gasteiger partial charge is 0.477 e. The van der Waals surface area contributed by atoms with Gasteiger partial charge in [-0.3, -0.25) is 10.1 Å². The molecule has 7 heteroatoms. The molecule has 0 unspecified atom stereocenters. The number of nitriles is 1. The molecule has 1 aromatic rings. The van der Waals surface area contributed by atoms with Crippen molar-refractivity contribution in [2.45, 2.75) is 6.54 Å². The van der Waals surface area contributed by atoms with Crippen LogP contribution in [0.2, 0.25) is 0 Å². The number of carboxylic acid groups (broad SMARTS) is 1. The molecule has 3 N–H and O–H groups in total. The number of nitrogens with zero attached hydrogens (tertiary/aromatic N) is 2. The quantitative estimate of drug-likeness (QED) is 0.568. The molecular formula is C9H7N3O4. The van der Waals surface area contributed by atoms with Gasteiger partial charge in [0.25, 0.3) is 5.69 Å². The fourth-order valence-electron chi connectivity index (χ4n) is 1.30. The van der Waals surface area contributed by atoms with Crippen LogP contribution < -0.4 is 5.73 Å². The number of rotatable bonds is 3. The summed E-state index contributed by atoms with van der Waals surface area (Å²) in [7, 11) is 0. The highest BCUT2D eigenvalue weighted by atomic mass is 16.6. The topological polar surface area (TPSA) is 130 Å². The summed E-state index contributed by atoms with van der Waals surface area (Å²) in [6, 6.07) is 3.86. The van der Waals surface area contributed by atoms with Gasteiger partial charge < -0.3 is 10.8 Å². The van der Waals surface area contributed by atoms with E-state index in [1.165, 1.54) is 6.07 Å². The van der Waals surface area contributed by atoms with E-state index in [-0.39, 0.29) is 17.7 Å². The first-order chi connectivity index (χ1) is 7.51. The molecule has 0 aliphatic heterocycles. The second kappa shape index (κ2) is 4.37. The van der Waals surface area contributed by atoms with Crippen LogP contribution in [-0.4, -0.2) is 16.0 Å². The number of hydrogen-bond donors (Lipinski definition) is 2. The van der Waals surface area contributed by atoms with Gasteiger partial charge in [0.15, 0.2) is 0 Å². The number of benzene rings is 1. The molecule has 0 fully saturated rings. The van der Waals surface area contributed by atoms with Gasteiger partial charge in [-0.25, -0.2) is 4.79 Å². The second-order valence-corrected chi connectivity index (χ2v) is 2.91. The Bertz CT molecular complexity index is 504. The van der Waals surface area contributed by atoms with Crippen molar-refractivity contribution in [1.82, 2.24) is 0 Å². The van der Waals surface area contributed by atoms with Crippen LogP contribution in [0.3, 0.4) is 0 Å². The Morgan fingerprint density at radius 1 is 1.62 bits per heavy atom. The van der Waals surface area contributed by atoms with Crippen LogP contribution in [0.15, 0.2) is 12.1 Å². The fraction of sp³-hybridized carbons (Fsp3) is 0.111. The van der Waals surface area contributed by atoms with E-state index in [0.717, 1.165) is 6.07 Å². The summed E-state index contributed by atoms with van der Waals surface area (Å²) in [5.41, 5.74) is 4.28. The van der Waals surface area contributed by atoms with Crippen molar-refractivity contribution < 1.29 is 14.8 Å². The molecule has 82 valence electrons. The van der Waals surface area contributed by atoms with Gasteiger partial charge in [-0.1, -0.05) is 0 Å². The summed E-state index contributed by atoms with van der Waals surface area (Å²) in [6.07, 6.45) is 0. The number of nitrogens with two attached hydrogens (primary N) is 1. The minimum atomic E-state index is -1.43. The molecular weight excluding hydrogens is 214 g/mol. The predicted molar refractivity (Wildman–Crippen MR) is 52.7 cm³/mol. The SMILES string of the molecule is N#Cc1cc(CN)c(C(=O)O)c([N+](=O)[O-])c1. The van der Waals surface area contributed by atoms with Crippen molar-refractivity contribution >= 4 is 11.7 Å². The highest BCUT2D eigenvalue weighted by molar-refractivity contribution is 5.94. The van der Waals surface area contributed by atoms with Crippen molar-refractivity contribution in [3.05, 3.63) is 38.9 Å². The summed E-state index contributed by atoms with van der Waals surface area (Å²) in [5, 5.41) is 28.1. The third-order valence-electron chi connectivity index (χ3n) is 1.96. The number of aromatic carboxylic acids is 1. The summed E-state index contributed by atoms with van der Waals surface area (Å²) in [4.78, 5) is 20.7. The van der Waals surface area contributed by atoms with E-state index in [4.69, 9.17) is 16.1 Å². The van der Waals surface area contributed by atoms with Crippen molar-refractivity contribution in [2.24, 2.45) is 5.73 Å². The average Bonchev–Trinajstić information content (AvgIpc) is 2.26. The van der Waals surface area contributed by atoms with Gasteiger partial charge in [0.2, 0.25) is 0 Å². The van der Waals surface area contributed by atoms with Crippen molar-refractivity contribution in [3.8, 4) is 6.07 Å². The third kappa shape index (κ3) is 1.97. The van der Waals surface area contributed by atoms with Crippen LogP contribution in [-0.2, 0) is 6.54 Å². The lowest BCUT2D eigenvalue weighted by Gasteiger charge is -2.04. The molecule has 0 amide bonds. The molecule has 1 rings (SSSR count). The van der Waals surface area contributed by atoms with Gasteiger partial charge >= 0.3 is 5.97 Å². The molecule has 0 aromatic heterocycles. The van der Waals surface area contributed by atoms with E-state index in [1.54, 1.807) is 6.07 Å². The van der Waals surface area contributed by atoms with E-state index in [1.807, 2.05) is 0 Å². The van der Waals surface area contributed by atoms with Gasteiger partial charge in [-0.05, 0) is 11.6 Å². The normalized spacial score (nSPS) is 9.50. The molecule has 0 spiro atoms. The summed E-state index contributed by atoms with van der Waals surface area (Å²) in [5.74, 6) is -1.43.